The van der Waals surface area contributed by atoms with Crippen molar-refractivity contribution in [1.82, 2.24) is 9.97 Å². The Bertz CT molecular complexity index is 598. The van der Waals surface area contributed by atoms with Crippen molar-refractivity contribution in [1.29, 1.82) is 0 Å². The van der Waals surface area contributed by atoms with Crippen LogP contribution in [0.5, 0.6) is 0 Å². The van der Waals surface area contributed by atoms with Gasteiger partial charge in [0, 0.05) is 30.4 Å². The molecule has 20 heavy (non-hydrogen) atoms. The van der Waals surface area contributed by atoms with Crippen LogP contribution < -0.4 is 11.1 Å². The molecule has 4 nitrogen and oxygen atoms in total. The molecule has 3 N–H and O–H groups in total. The number of aryl methyl sites for hydroxylation is 2. The van der Waals surface area contributed by atoms with E-state index < -0.39 is 0 Å². The van der Waals surface area contributed by atoms with Crippen LogP contribution in [-0.4, -0.2) is 9.97 Å². The number of hydrogen-bond acceptors (Lipinski definition) is 4. The van der Waals surface area contributed by atoms with Gasteiger partial charge in [-0.2, -0.15) is 0 Å². The highest BCUT2D eigenvalue weighted by atomic mass is 19.1. The lowest BCUT2D eigenvalue weighted by Crippen LogP contribution is -2.07. The van der Waals surface area contributed by atoms with Crippen LogP contribution >= 0.6 is 0 Å². The van der Waals surface area contributed by atoms with Crippen LogP contribution in [0.25, 0.3) is 0 Å². The molecular formula is C15H19FN4. The highest BCUT2D eigenvalue weighted by molar-refractivity contribution is 5.38. The first kappa shape index (κ1) is 14.4. The van der Waals surface area contributed by atoms with Gasteiger partial charge in [-0.25, -0.2) is 14.4 Å². The third-order valence-electron chi connectivity index (χ3n) is 3.07. The quantitative estimate of drug-likeness (QED) is 0.879. The van der Waals surface area contributed by atoms with Crippen molar-refractivity contribution in [3.05, 3.63) is 52.7 Å². The number of nitrogens with one attached hydrogen (secondary N) is 1. The van der Waals surface area contributed by atoms with Gasteiger partial charge in [-0.15, -0.1) is 0 Å². The molecule has 0 atom stereocenters. The summed E-state index contributed by atoms with van der Waals surface area (Å²) in [5.41, 5.74) is 7.84. The summed E-state index contributed by atoms with van der Waals surface area (Å²) in [7, 11) is 0. The Morgan fingerprint density at radius 3 is 2.70 bits per heavy atom. The molecule has 0 amide bonds. The zero-order valence-corrected chi connectivity index (χ0v) is 11.8. The Balaban J connectivity index is 2.10. The zero-order valence-electron chi connectivity index (χ0n) is 11.8. The largest absolute Gasteiger partial charge is 0.366 e. The van der Waals surface area contributed by atoms with Gasteiger partial charge < -0.3 is 11.1 Å². The van der Waals surface area contributed by atoms with Gasteiger partial charge >= 0.3 is 0 Å². The second-order valence-electron chi connectivity index (χ2n) is 4.63. The van der Waals surface area contributed by atoms with Gasteiger partial charge in [0.15, 0.2) is 0 Å². The van der Waals surface area contributed by atoms with Crippen LogP contribution in [0.15, 0.2) is 24.3 Å². The summed E-state index contributed by atoms with van der Waals surface area (Å²) >= 11 is 0. The molecule has 2 rings (SSSR count). The van der Waals surface area contributed by atoms with Crippen LogP contribution in [0.2, 0.25) is 0 Å². The standard InChI is InChI=1S/C15H19FN4/c1-3-13-7-15(20-10(2)19-13)18-9-12-5-4-11(8-17)6-14(12)16/h4-7H,3,8-9,17H2,1-2H3,(H,18,19,20). The SMILES string of the molecule is CCc1cc(NCc2ccc(CN)cc2F)nc(C)n1. The molecule has 0 radical (unpaired) electrons. The number of anilines is 1. The van der Waals surface area contributed by atoms with E-state index >= 15 is 0 Å². The zero-order chi connectivity index (χ0) is 14.5. The molecule has 0 saturated heterocycles. The lowest BCUT2D eigenvalue weighted by molar-refractivity contribution is 0.610. The fourth-order valence-electron chi connectivity index (χ4n) is 1.95. The number of nitrogens with zero attached hydrogens (tertiary/aromatic N) is 2. The molecule has 1 aromatic heterocycles. The van der Waals surface area contributed by atoms with E-state index in [0.29, 0.717) is 24.5 Å². The molecule has 106 valence electrons. The predicted octanol–water partition coefficient (Wildman–Crippen LogP) is 2.56. The maximum absolute atomic E-state index is 13.8. The van der Waals surface area contributed by atoms with Crippen LogP contribution in [0.4, 0.5) is 10.2 Å². The molecule has 2 aromatic rings. The maximum Gasteiger partial charge on any atom is 0.130 e. The molecular weight excluding hydrogens is 255 g/mol. The van der Waals surface area contributed by atoms with Crippen LogP contribution in [-0.2, 0) is 19.5 Å². The summed E-state index contributed by atoms with van der Waals surface area (Å²) in [5, 5.41) is 3.13. The van der Waals surface area contributed by atoms with E-state index in [1.807, 2.05) is 26.0 Å². The third-order valence-corrected chi connectivity index (χ3v) is 3.07. The molecule has 5 heteroatoms. The van der Waals surface area contributed by atoms with E-state index in [9.17, 15) is 4.39 Å². The summed E-state index contributed by atoms with van der Waals surface area (Å²) in [5.74, 6) is 1.18. The van der Waals surface area contributed by atoms with Crippen molar-refractivity contribution in [2.24, 2.45) is 5.73 Å². The molecule has 0 aliphatic carbocycles. The molecule has 1 heterocycles. The van der Waals surface area contributed by atoms with Crippen LogP contribution in [0.1, 0.15) is 29.6 Å². The van der Waals surface area contributed by atoms with Crippen LogP contribution in [0, 0.1) is 12.7 Å². The lowest BCUT2D eigenvalue weighted by Gasteiger charge is -2.09. The van der Waals surface area contributed by atoms with E-state index in [1.54, 1.807) is 6.07 Å². The Morgan fingerprint density at radius 2 is 2.05 bits per heavy atom. The Labute approximate surface area is 118 Å². The summed E-state index contributed by atoms with van der Waals surface area (Å²) in [6.07, 6.45) is 0.845. The van der Waals surface area contributed by atoms with E-state index in [4.69, 9.17) is 5.73 Å². The highest BCUT2D eigenvalue weighted by Gasteiger charge is 2.05. The summed E-state index contributed by atoms with van der Waals surface area (Å²) < 4.78 is 13.8. The summed E-state index contributed by atoms with van der Waals surface area (Å²) in [4.78, 5) is 8.60. The van der Waals surface area contributed by atoms with Gasteiger partial charge in [0.05, 0.1) is 0 Å². The topological polar surface area (TPSA) is 63.8 Å². The second-order valence-corrected chi connectivity index (χ2v) is 4.63. The Kier molecular flexibility index (Phi) is 4.63. The molecule has 0 aliphatic heterocycles. The van der Waals surface area contributed by atoms with Gasteiger partial charge in [-0.3, -0.25) is 0 Å². The Morgan fingerprint density at radius 1 is 1.25 bits per heavy atom. The normalized spacial score (nSPS) is 10.6. The monoisotopic (exact) mass is 274 g/mol. The minimum absolute atomic E-state index is 0.248. The van der Waals surface area contributed by atoms with E-state index in [2.05, 4.69) is 15.3 Å². The molecule has 0 unspecified atom stereocenters. The number of nitrogens with two attached hydrogens (primary N) is 1. The minimum atomic E-state index is -0.248. The van der Waals surface area contributed by atoms with Crippen molar-refractivity contribution < 1.29 is 4.39 Å². The highest BCUT2D eigenvalue weighted by Crippen LogP contribution is 2.13. The van der Waals surface area contributed by atoms with E-state index in [0.717, 1.165) is 23.5 Å². The molecule has 0 fully saturated rings. The second kappa shape index (κ2) is 6.43. The average Bonchev–Trinajstić information content (AvgIpc) is 2.45. The van der Waals surface area contributed by atoms with Gasteiger partial charge in [-0.05, 0) is 25.0 Å². The first-order valence-corrected chi connectivity index (χ1v) is 6.68. The summed E-state index contributed by atoms with van der Waals surface area (Å²) in [6.45, 7) is 4.61. The fraction of sp³-hybridized carbons (Fsp3) is 0.333. The number of aromatic nitrogens is 2. The minimum Gasteiger partial charge on any atom is -0.366 e. The summed E-state index contributed by atoms with van der Waals surface area (Å²) in [6, 6.07) is 6.95. The van der Waals surface area contributed by atoms with Crippen molar-refractivity contribution >= 4 is 5.82 Å². The molecule has 0 spiro atoms. The molecule has 0 bridgehead atoms. The molecule has 0 saturated carbocycles. The number of hydrogen-bond donors (Lipinski definition) is 2. The predicted molar refractivity (Wildman–Crippen MR) is 77.8 cm³/mol. The number of halogens is 1. The van der Waals surface area contributed by atoms with Crippen molar-refractivity contribution in [3.8, 4) is 0 Å². The van der Waals surface area contributed by atoms with Gasteiger partial charge in [0.2, 0.25) is 0 Å². The van der Waals surface area contributed by atoms with E-state index in [1.165, 1.54) is 6.07 Å². The number of rotatable bonds is 5. The van der Waals surface area contributed by atoms with Gasteiger partial charge in [-0.1, -0.05) is 19.1 Å². The number of benzene rings is 1. The Hall–Kier alpha value is -2.01. The third kappa shape index (κ3) is 3.51. The van der Waals surface area contributed by atoms with Gasteiger partial charge in [0.1, 0.15) is 17.5 Å². The van der Waals surface area contributed by atoms with Crippen LogP contribution in [0.3, 0.4) is 0 Å². The molecule has 0 aliphatic rings. The average molecular weight is 274 g/mol. The fourth-order valence-corrected chi connectivity index (χ4v) is 1.95. The smallest absolute Gasteiger partial charge is 0.130 e. The molecule has 1 aromatic carbocycles. The van der Waals surface area contributed by atoms with Crippen molar-refractivity contribution in [3.63, 3.8) is 0 Å². The lowest BCUT2D eigenvalue weighted by atomic mass is 10.1. The van der Waals surface area contributed by atoms with E-state index in [-0.39, 0.29) is 5.82 Å². The van der Waals surface area contributed by atoms with Crippen molar-refractivity contribution in [2.75, 3.05) is 5.32 Å². The van der Waals surface area contributed by atoms with Crippen molar-refractivity contribution in [2.45, 2.75) is 33.4 Å². The van der Waals surface area contributed by atoms with Gasteiger partial charge in [0.25, 0.3) is 0 Å². The first-order chi connectivity index (χ1) is 9.62. The maximum atomic E-state index is 13.8. The first-order valence-electron chi connectivity index (χ1n) is 6.68.